The summed E-state index contributed by atoms with van der Waals surface area (Å²) in [5.74, 6) is -13.5. The van der Waals surface area contributed by atoms with Crippen LogP contribution >= 0.6 is 34.8 Å². The quantitative estimate of drug-likeness (QED) is 0.293. The van der Waals surface area contributed by atoms with Crippen molar-refractivity contribution in [3.63, 3.8) is 0 Å². The van der Waals surface area contributed by atoms with Crippen molar-refractivity contribution in [2.75, 3.05) is 16.0 Å². The van der Waals surface area contributed by atoms with E-state index >= 15 is 0 Å². The molecular weight excluding hydrogens is 551 g/mol. The fourth-order valence-electron chi connectivity index (χ4n) is 2.75. The zero-order valence-corrected chi connectivity index (χ0v) is 19.1. The molecule has 3 N–H and O–H groups in total. The van der Waals surface area contributed by atoms with Gasteiger partial charge in [0.25, 0.3) is 5.91 Å². The van der Waals surface area contributed by atoms with Gasteiger partial charge in [-0.15, -0.1) is 23.2 Å². The molecule has 1 aliphatic rings. The molecule has 0 aromatic heterocycles. The van der Waals surface area contributed by atoms with E-state index in [1.165, 1.54) is 12.1 Å². The van der Waals surface area contributed by atoms with Crippen LogP contribution in [0.3, 0.4) is 0 Å². The van der Waals surface area contributed by atoms with Crippen LogP contribution in [0.25, 0.3) is 0 Å². The second kappa shape index (κ2) is 9.75. The third-order valence-corrected chi connectivity index (χ3v) is 5.94. The molecule has 6 nitrogen and oxygen atoms in total. The summed E-state index contributed by atoms with van der Waals surface area (Å²) in [5.41, 5.74) is -2.48. The van der Waals surface area contributed by atoms with Crippen LogP contribution in [0.5, 0.6) is 0 Å². The molecule has 0 unspecified atom stereocenters. The fourth-order valence-corrected chi connectivity index (χ4v) is 3.46. The fraction of sp³-hybridized carbons (Fsp3) is 0.250. The van der Waals surface area contributed by atoms with Crippen LogP contribution in [-0.4, -0.2) is 34.4 Å². The standard InChI is InChI=1S/C20H12Cl3F6N3O3/c21-10-2-1-7(30-16(34)9-6-19(9,22)23)5-8(10)15(33)31-12-4-3-11(24)14(13(12)25)32-18(35)20(28,29)17(26)27/h1-5,9,17H,6H2,(H,30,34)(H,31,33)(H,32,35)/t9-/m1/s1. The van der Waals surface area contributed by atoms with Gasteiger partial charge in [-0.3, -0.25) is 14.4 Å². The van der Waals surface area contributed by atoms with Crippen LogP contribution in [0.4, 0.5) is 43.4 Å². The van der Waals surface area contributed by atoms with Crippen molar-refractivity contribution >= 4 is 69.6 Å². The minimum absolute atomic E-state index is 0.0994. The Labute approximate surface area is 207 Å². The average Bonchev–Trinajstić information content (AvgIpc) is 3.42. The maximum atomic E-state index is 14.7. The molecule has 0 saturated heterocycles. The Morgan fingerprint density at radius 1 is 1.03 bits per heavy atom. The predicted octanol–water partition coefficient (Wildman–Crippen LogP) is 5.84. The highest BCUT2D eigenvalue weighted by molar-refractivity contribution is 6.52. The Hall–Kier alpha value is -2.70. The van der Waals surface area contributed by atoms with Gasteiger partial charge in [-0.05, 0) is 36.8 Å². The lowest BCUT2D eigenvalue weighted by molar-refractivity contribution is -0.163. The maximum Gasteiger partial charge on any atom is 0.383 e. The monoisotopic (exact) mass is 561 g/mol. The van der Waals surface area contributed by atoms with E-state index in [-0.39, 0.29) is 22.7 Å². The van der Waals surface area contributed by atoms with Crippen molar-refractivity contribution in [2.24, 2.45) is 5.92 Å². The van der Waals surface area contributed by atoms with Crippen LogP contribution in [0.1, 0.15) is 16.8 Å². The van der Waals surface area contributed by atoms with Crippen LogP contribution in [-0.2, 0) is 9.59 Å². The molecule has 1 atom stereocenters. The number of halogens is 9. The summed E-state index contributed by atoms with van der Waals surface area (Å²) < 4.78 is 78.4. The summed E-state index contributed by atoms with van der Waals surface area (Å²) in [6.07, 6.45) is -4.22. The third-order valence-electron chi connectivity index (χ3n) is 4.78. The SMILES string of the molecule is O=C(Nc1ccc(F)c(NC(=O)C(F)(F)C(F)F)c1F)c1cc(NC(=O)[C@H]2CC2(Cl)Cl)ccc1Cl. The molecule has 0 spiro atoms. The number of amides is 3. The molecule has 188 valence electrons. The summed E-state index contributed by atoms with van der Waals surface area (Å²) in [6, 6.07) is 4.88. The zero-order chi connectivity index (χ0) is 26.3. The lowest BCUT2D eigenvalue weighted by Gasteiger charge is -2.17. The summed E-state index contributed by atoms with van der Waals surface area (Å²) >= 11 is 17.6. The summed E-state index contributed by atoms with van der Waals surface area (Å²) in [6.45, 7) is 0. The molecule has 1 saturated carbocycles. The average molecular weight is 563 g/mol. The molecular formula is C20H12Cl3F6N3O3. The second-order valence-electron chi connectivity index (χ2n) is 7.32. The molecule has 0 heterocycles. The first kappa shape index (κ1) is 26.9. The van der Waals surface area contributed by atoms with Gasteiger partial charge in [-0.1, -0.05) is 11.6 Å². The lowest BCUT2D eigenvalue weighted by Crippen LogP contribution is -2.41. The molecule has 15 heteroatoms. The van der Waals surface area contributed by atoms with Crippen molar-refractivity contribution in [3.8, 4) is 0 Å². The second-order valence-corrected chi connectivity index (χ2v) is 9.27. The molecule has 2 aromatic rings. The van der Waals surface area contributed by atoms with E-state index in [0.717, 1.165) is 11.4 Å². The first-order valence-electron chi connectivity index (χ1n) is 9.40. The zero-order valence-electron chi connectivity index (χ0n) is 16.9. The van der Waals surface area contributed by atoms with Gasteiger partial charge in [-0.25, -0.2) is 17.6 Å². The van der Waals surface area contributed by atoms with E-state index in [9.17, 15) is 40.7 Å². The summed E-state index contributed by atoms with van der Waals surface area (Å²) in [7, 11) is 0. The minimum atomic E-state index is -5.23. The number of rotatable bonds is 7. The lowest BCUT2D eigenvalue weighted by atomic mass is 10.1. The number of alkyl halides is 6. The van der Waals surface area contributed by atoms with E-state index in [1.54, 1.807) is 0 Å². The number of carbonyl (C=O) groups is 3. The van der Waals surface area contributed by atoms with Gasteiger partial charge >= 0.3 is 18.3 Å². The van der Waals surface area contributed by atoms with Crippen LogP contribution in [0.15, 0.2) is 30.3 Å². The van der Waals surface area contributed by atoms with Crippen molar-refractivity contribution in [1.82, 2.24) is 0 Å². The van der Waals surface area contributed by atoms with Crippen molar-refractivity contribution in [1.29, 1.82) is 0 Å². The maximum absolute atomic E-state index is 14.7. The number of carbonyl (C=O) groups excluding carboxylic acids is 3. The minimum Gasteiger partial charge on any atom is -0.326 e. The molecule has 3 rings (SSSR count). The number of hydrogen-bond acceptors (Lipinski definition) is 3. The Morgan fingerprint density at radius 3 is 2.23 bits per heavy atom. The highest BCUT2D eigenvalue weighted by atomic mass is 35.5. The highest BCUT2D eigenvalue weighted by Crippen LogP contribution is 2.53. The molecule has 3 amide bonds. The summed E-state index contributed by atoms with van der Waals surface area (Å²) in [4.78, 5) is 36.1. The molecule has 0 bridgehead atoms. The Kier molecular flexibility index (Phi) is 7.49. The van der Waals surface area contributed by atoms with Crippen molar-refractivity contribution < 1.29 is 40.7 Å². The highest BCUT2D eigenvalue weighted by Gasteiger charge is 2.56. The molecule has 2 aromatic carbocycles. The van der Waals surface area contributed by atoms with Gasteiger partial charge < -0.3 is 16.0 Å². The van der Waals surface area contributed by atoms with Crippen LogP contribution < -0.4 is 16.0 Å². The number of anilines is 3. The van der Waals surface area contributed by atoms with Crippen molar-refractivity contribution in [3.05, 3.63) is 52.6 Å². The number of benzene rings is 2. The number of nitrogens with one attached hydrogen (secondary N) is 3. The van der Waals surface area contributed by atoms with Crippen LogP contribution in [0, 0.1) is 17.6 Å². The van der Waals surface area contributed by atoms with E-state index < -0.39 is 63.3 Å². The van der Waals surface area contributed by atoms with Crippen molar-refractivity contribution in [2.45, 2.75) is 23.1 Å². The first-order chi connectivity index (χ1) is 16.1. The van der Waals surface area contributed by atoms with E-state index in [0.29, 0.717) is 12.1 Å². The van der Waals surface area contributed by atoms with Crippen LogP contribution in [0.2, 0.25) is 5.02 Å². The molecule has 0 aliphatic heterocycles. The van der Waals surface area contributed by atoms with Gasteiger partial charge in [0.1, 0.15) is 15.8 Å². The Balaban J connectivity index is 1.81. The predicted molar refractivity (Wildman–Crippen MR) is 117 cm³/mol. The Morgan fingerprint density at radius 2 is 1.66 bits per heavy atom. The molecule has 1 fully saturated rings. The van der Waals surface area contributed by atoms with Gasteiger partial charge in [0.2, 0.25) is 5.91 Å². The van der Waals surface area contributed by atoms with Gasteiger partial charge in [-0.2, -0.15) is 8.78 Å². The normalized spacial score (nSPS) is 16.6. The third kappa shape index (κ3) is 5.76. The molecule has 1 aliphatic carbocycles. The van der Waals surface area contributed by atoms with E-state index in [4.69, 9.17) is 34.8 Å². The topological polar surface area (TPSA) is 87.3 Å². The molecule has 0 radical (unpaired) electrons. The van der Waals surface area contributed by atoms with Gasteiger partial charge in [0.15, 0.2) is 5.82 Å². The van der Waals surface area contributed by atoms with Gasteiger partial charge in [0, 0.05) is 5.69 Å². The summed E-state index contributed by atoms with van der Waals surface area (Å²) in [5, 5.41) is 5.36. The smallest absolute Gasteiger partial charge is 0.326 e. The Bertz CT molecular complexity index is 1210. The van der Waals surface area contributed by atoms with E-state index in [2.05, 4.69) is 5.32 Å². The largest absolute Gasteiger partial charge is 0.383 e. The van der Waals surface area contributed by atoms with E-state index in [1.807, 2.05) is 5.32 Å². The molecule has 35 heavy (non-hydrogen) atoms. The number of hydrogen-bond donors (Lipinski definition) is 3. The van der Waals surface area contributed by atoms with Gasteiger partial charge in [0.05, 0.1) is 22.2 Å². The first-order valence-corrected chi connectivity index (χ1v) is 10.5.